The van der Waals surface area contributed by atoms with Gasteiger partial charge in [0.2, 0.25) is 15.9 Å². The van der Waals surface area contributed by atoms with Gasteiger partial charge in [-0.15, -0.1) is 0 Å². The van der Waals surface area contributed by atoms with Crippen molar-refractivity contribution in [3.05, 3.63) is 29.3 Å². The lowest BCUT2D eigenvalue weighted by molar-refractivity contribution is -0.119. The predicted molar refractivity (Wildman–Crippen MR) is 101 cm³/mol. The molecule has 1 aliphatic carbocycles. The Morgan fingerprint density at radius 1 is 1.38 bits per heavy atom. The lowest BCUT2D eigenvalue weighted by atomic mass is 10.3. The van der Waals surface area contributed by atoms with Crippen LogP contribution in [-0.4, -0.2) is 44.7 Å². The Hall–Kier alpha value is -0.920. The third kappa shape index (κ3) is 6.18. The van der Waals surface area contributed by atoms with Gasteiger partial charge < -0.3 is 5.32 Å². The van der Waals surface area contributed by atoms with Crippen molar-refractivity contribution in [2.75, 3.05) is 29.4 Å². The highest BCUT2D eigenvalue weighted by molar-refractivity contribution is 7.99. The molecule has 0 radical (unpaired) electrons. The predicted octanol–water partition coefficient (Wildman–Crippen LogP) is 2.90. The molecule has 0 bridgehead atoms. The molecule has 1 aliphatic rings. The molecule has 0 unspecified atom stereocenters. The van der Waals surface area contributed by atoms with Gasteiger partial charge in [-0.05, 0) is 31.0 Å². The normalized spacial score (nSPS) is 15.4. The Bertz CT molecular complexity index is 661. The van der Waals surface area contributed by atoms with Gasteiger partial charge >= 0.3 is 0 Å². The highest BCUT2D eigenvalue weighted by Gasteiger charge is 2.21. The SMILES string of the molecule is CS(=O)(=O)N(CC(=O)NCCSC1CCCC1)c1cccc(Cl)c1. The molecule has 1 saturated carbocycles. The molecule has 2 rings (SSSR count). The van der Waals surface area contributed by atoms with Crippen LogP contribution in [0.3, 0.4) is 0 Å². The average molecular weight is 391 g/mol. The van der Waals surface area contributed by atoms with Crippen molar-refractivity contribution in [3.63, 3.8) is 0 Å². The molecule has 0 atom stereocenters. The summed E-state index contributed by atoms with van der Waals surface area (Å²) < 4.78 is 25.0. The number of rotatable bonds is 8. The van der Waals surface area contributed by atoms with E-state index in [4.69, 9.17) is 11.6 Å². The number of hydrogen-bond donors (Lipinski definition) is 1. The van der Waals surface area contributed by atoms with Gasteiger partial charge in [0.05, 0.1) is 11.9 Å². The van der Waals surface area contributed by atoms with E-state index in [2.05, 4.69) is 5.32 Å². The Balaban J connectivity index is 1.86. The maximum Gasteiger partial charge on any atom is 0.240 e. The second-order valence-corrected chi connectivity index (χ2v) is 9.63. The van der Waals surface area contributed by atoms with Gasteiger partial charge in [0.15, 0.2) is 0 Å². The maximum atomic E-state index is 12.1. The van der Waals surface area contributed by atoms with Crippen LogP contribution in [0.2, 0.25) is 5.02 Å². The fraction of sp³-hybridized carbons (Fsp3) is 0.562. The van der Waals surface area contributed by atoms with E-state index in [9.17, 15) is 13.2 Å². The van der Waals surface area contributed by atoms with Crippen LogP contribution in [0.4, 0.5) is 5.69 Å². The molecule has 0 saturated heterocycles. The standard InChI is InChI=1S/C16H23ClN2O3S2/c1-24(21,22)19(14-6-4-5-13(17)11-14)12-16(20)18-9-10-23-15-7-2-3-8-15/h4-6,11,15H,2-3,7-10,12H2,1H3,(H,18,20). The molecule has 1 amide bonds. The molecule has 8 heteroatoms. The van der Waals surface area contributed by atoms with Gasteiger partial charge in [0.1, 0.15) is 6.54 Å². The molecule has 0 heterocycles. The van der Waals surface area contributed by atoms with Gasteiger partial charge in [0.25, 0.3) is 0 Å². The summed E-state index contributed by atoms with van der Waals surface area (Å²) in [5.41, 5.74) is 0.389. The number of carbonyl (C=O) groups is 1. The molecule has 0 aliphatic heterocycles. The topological polar surface area (TPSA) is 66.5 Å². The number of thioether (sulfide) groups is 1. The monoisotopic (exact) mass is 390 g/mol. The van der Waals surface area contributed by atoms with Crippen LogP contribution in [0.5, 0.6) is 0 Å². The van der Waals surface area contributed by atoms with Crippen molar-refractivity contribution in [3.8, 4) is 0 Å². The van der Waals surface area contributed by atoms with Crippen LogP contribution < -0.4 is 9.62 Å². The summed E-state index contributed by atoms with van der Waals surface area (Å²) in [6.45, 7) is 0.306. The number of carbonyl (C=O) groups excluding carboxylic acids is 1. The number of amides is 1. The Kier molecular flexibility index (Phi) is 7.25. The highest BCUT2D eigenvalue weighted by Crippen LogP contribution is 2.28. The van der Waals surface area contributed by atoms with Crippen molar-refractivity contribution in [2.45, 2.75) is 30.9 Å². The average Bonchev–Trinajstić information content (AvgIpc) is 3.01. The van der Waals surface area contributed by atoms with Crippen molar-refractivity contribution in [1.82, 2.24) is 5.32 Å². The summed E-state index contributed by atoms with van der Waals surface area (Å²) in [5.74, 6) is 0.541. The molecule has 1 aromatic carbocycles. The number of hydrogen-bond acceptors (Lipinski definition) is 4. The van der Waals surface area contributed by atoms with E-state index >= 15 is 0 Å². The summed E-state index contributed by atoms with van der Waals surface area (Å²) in [6, 6.07) is 6.47. The van der Waals surface area contributed by atoms with Crippen LogP contribution in [0, 0.1) is 0 Å². The molecule has 5 nitrogen and oxygen atoms in total. The smallest absolute Gasteiger partial charge is 0.240 e. The molecular weight excluding hydrogens is 368 g/mol. The van der Waals surface area contributed by atoms with Gasteiger partial charge in [0, 0.05) is 22.6 Å². The molecule has 24 heavy (non-hydrogen) atoms. The van der Waals surface area contributed by atoms with Crippen LogP contribution in [0.1, 0.15) is 25.7 Å². The first-order chi connectivity index (χ1) is 11.4. The summed E-state index contributed by atoms with van der Waals surface area (Å²) in [6.07, 6.45) is 6.20. The van der Waals surface area contributed by atoms with E-state index in [0.717, 1.165) is 16.3 Å². The fourth-order valence-electron chi connectivity index (χ4n) is 2.69. The summed E-state index contributed by atoms with van der Waals surface area (Å²) >= 11 is 7.80. The molecule has 0 aromatic heterocycles. The summed E-state index contributed by atoms with van der Waals surface area (Å²) in [4.78, 5) is 12.1. The highest BCUT2D eigenvalue weighted by atomic mass is 35.5. The Morgan fingerprint density at radius 2 is 2.08 bits per heavy atom. The Morgan fingerprint density at radius 3 is 2.71 bits per heavy atom. The van der Waals surface area contributed by atoms with E-state index in [1.54, 1.807) is 18.2 Å². The van der Waals surface area contributed by atoms with E-state index in [1.165, 1.54) is 31.7 Å². The first-order valence-electron chi connectivity index (χ1n) is 7.98. The number of nitrogens with zero attached hydrogens (tertiary/aromatic N) is 1. The maximum absolute atomic E-state index is 12.1. The van der Waals surface area contributed by atoms with Gasteiger partial charge in [-0.2, -0.15) is 11.8 Å². The lowest BCUT2D eigenvalue weighted by Crippen LogP contribution is -2.41. The van der Waals surface area contributed by atoms with E-state index in [1.807, 2.05) is 11.8 Å². The van der Waals surface area contributed by atoms with Crippen molar-refractivity contribution >= 4 is 45.0 Å². The molecule has 1 aromatic rings. The first-order valence-corrected chi connectivity index (χ1v) is 11.3. The summed E-state index contributed by atoms with van der Waals surface area (Å²) in [7, 11) is -3.56. The van der Waals surface area contributed by atoms with Crippen LogP contribution in [0.15, 0.2) is 24.3 Å². The van der Waals surface area contributed by atoms with Crippen LogP contribution in [-0.2, 0) is 14.8 Å². The van der Waals surface area contributed by atoms with E-state index < -0.39 is 10.0 Å². The van der Waals surface area contributed by atoms with Gasteiger partial charge in [-0.25, -0.2) is 8.42 Å². The minimum absolute atomic E-state index is 0.243. The van der Waals surface area contributed by atoms with E-state index in [0.29, 0.717) is 22.5 Å². The third-order valence-electron chi connectivity index (χ3n) is 3.86. The minimum atomic E-state index is -3.56. The fourth-order valence-corrected chi connectivity index (χ4v) is 4.94. The largest absolute Gasteiger partial charge is 0.354 e. The number of sulfonamides is 1. The molecule has 0 spiro atoms. The van der Waals surface area contributed by atoms with Crippen LogP contribution >= 0.6 is 23.4 Å². The van der Waals surface area contributed by atoms with Crippen molar-refractivity contribution < 1.29 is 13.2 Å². The zero-order valence-corrected chi connectivity index (χ0v) is 16.1. The molecule has 134 valence electrons. The number of nitrogens with one attached hydrogen (secondary N) is 1. The zero-order valence-electron chi connectivity index (χ0n) is 13.7. The first kappa shape index (κ1) is 19.4. The number of benzene rings is 1. The van der Waals surface area contributed by atoms with Crippen LogP contribution in [0.25, 0.3) is 0 Å². The van der Waals surface area contributed by atoms with Gasteiger partial charge in [-0.1, -0.05) is 30.5 Å². The van der Waals surface area contributed by atoms with E-state index in [-0.39, 0.29) is 12.5 Å². The van der Waals surface area contributed by atoms with Crippen molar-refractivity contribution in [1.29, 1.82) is 0 Å². The second kappa shape index (κ2) is 8.97. The molecule has 1 fully saturated rings. The van der Waals surface area contributed by atoms with Gasteiger partial charge in [-0.3, -0.25) is 9.10 Å². The second-order valence-electron chi connectivity index (χ2n) is 5.88. The molecular formula is C16H23ClN2O3S2. The lowest BCUT2D eigenvalue weighted by Gasteiger charge is -2.22. The zero-order chi connectivity index (χ0) is 17.6. The quantitative estimate of drug-likeness (QED) is 0.693. The van der Waals surface area contributed by atoms with Crippen molar-refractivity contribution in [2.24, 2.45) is 0 Å². The number of halogens is 1. The number of anilines is 1. The molecule has 1 N–H and O–H groups in total. The Labute approximate surface area is 153 Å². The minimum Gasteiger partial charge on any atom is -0.354 e. The third-order valence-corrected chi connectivity index (χ3v) is 6.62. The summed E-state index contributed by atoms with van der Waals surface area (Å²) in [5, 5.41) is 3.93.